The molecule has 0 fully saturated rings. The van der Waals surface area contributed by atoms with Crippen molar-refractivity contribution in [3.63, 3.8) is 0 Å². The van der Waals surface area contributed by atoms with Crippen LogP contribution in [-0.4, -0.2) is 29.3 Å². The van der Waals surface area contributed by atoms with Gasteiger partial charge in [0, 0.05) is 5.56 Å². The van der Waals surface area contributed by atoms with Crippen LogP contribution in [0.3, 0.4) is 0 Å². The number of carboxylic acids is 1. The minimum atomic E-state index is -1.18. The number of carbonyl (C=O) groups excluding carboxylic acids is 1. The molecule has 0 aliphatic rings. The van der Waals surface area contributed by atoms with Crippen LogP contribution in [0.1, 0.15) is 20.7 Å². The second-order valence-electron chi connectivity index (χ2n) is 4.22. The molecule has 0 aliphatic carbocycles. The third kappa shape index (κ3) is 2.84. The third-order valence-corrected chi connectivity index (χ3v) is 2.93. The molecule has 21 heavy (non-hydrogen) atoms. The summed E-state index contributed by atoms with van der Waals surface area (Å²) in [7, 11) is 1.14. The van der Waals surface area contributed by atoms with E-state index in [0.29, 0.717) is 5.56 Å². The van der Waals surface area contributed by atoms with Crippen LogP contribution in [0.25, 0.3) is 11.1 Å². The lowest BCUT2D eigenvalue weighted by atomic mass is 10.0. The molecular weight excluding hydrogens is 279 g/mol. The lowest BCUT2D eigenvalue weighted by Crippen LogP contribution is -2.04. The molecule has 2 rings (SSSR count). The second kappa shape index (κ2) is 5.62. The van der Waals surface area contributed by atoms with Crippen LogP contribution < -0.4 is 0 Å². The van der Waals surface area contributed by atoms with Crippen molar-refractivity contribution in [3.05, 3.63) is 53.3 Å². The van der Waals surface area contributed by atoms with Gasteiger partial charge in [-0.3, -0.25) is 0 Å². The van der Waals surface area contributed by atoms with Gasteiger partial charge >= 0.3 is 11.9 Å². The molecule has 0 atom stereocenters. The SMILES string of the molecule is COC(=O)c1ccc(-c2ccc(C(=O)O)cc2O)cc1F. The zero-order valence-corrected chi connectivity index (χ0v) is 11.0. The molecule has 0 aliphatic heterocycles. The number of aromatic carboxylic acids is 1. The van der Waals surface area contributed by atoms with Crippen molar-refractivity contribution >= 4 is 11.9 Å². The number of hydrogen-bond acceptors (Lipinski definition) is 4. The Labute approximate surface area is 119 Å². The van der Waals surface area contributed by atoms with Gasteiger partial charge < -0.3 is 14.9 Å². The predicted octanol–water partition coefficient (Wildman–Crippen LogP) is 2.68. The van der Waals surface area contributed by atoms with E-state index in [1.807, 2.05) is 0 Å². The Bertz CT molecular complexity index is 724. The van der Waals surface area contributed by atoms with Gasteiger partial charge in [-0.1, -0.05) is 6.07 Å². The van der Waals surface area contributed by atoms with Crippen LogP contribution >= 0.6 is 0 Å². The van der Waals surface area contributed by atoms with Gasteiger partial charge in [0.2, 0.25) is 0 Å². The largest absolute Gasteiger partial charge is 0.507 e. The molecule has 0 saturated heterocycles. The highest BCUT2D eigenvalue weighted by molar-refractivity contribution is 5.91. The summed E-state index contributed by atoms with van der Waals surface area (Å²) in [4.78, 5) is 22.1. The molecule has 0 spiro atoms. The van der Waals surface area contributed by atoms with Gasteiger partial charge in [0.25, 0.3) is 0 Å². The lowest BCUT2D eigenvalue weighted by molar-refractivity contribution is 0.0594. The number of aromatic hydroxyl groups is 1. The van der Waals surface area contributed by atoms with E-state index in [4.69, 9.17) is 5.11 Å². The molecule has 5 nitrogen and oxygen atoms in total. The number of phenols is 1. The smallest absolute Gasteiger partial charge is 0.340 e. The Balaban J connectivity index is 2.46. The van der Waals surface area contributed by atoms with Gasteiger partial charge in [-0.15, -0.1) is 0 Å². The summed E-state index contributed by atoms with van der Waals surface area (Å²) >= 11 is 0. The van der Waals surface area contributed by atoms with Crippen molar-refractivity contribution in [3.8, 4) is 16.9 Å². The fraction of sp³-hybridized carbons (Fsp3) is 0.0667. The minimum absolute atomic E-state index is 0.0806. The van der Waals surface area contributed by atoms with Crippen LogP contribution in [0, 0.1) is 5.82 Å². The van der Waals surface area contributed by atoms with E-state index in [1.54, 1.807) is 0 Å². The van der Waals surface area contributed by atoms with E-state index in [-0.39, 0.29) is 22.4 Å². The maximum absolute atomic E-state index is 13.8. The van der Waals surface area contributed by atoms with Gasteiger partial charge in [0.05, 0.1) is 18.2 Å². The Morgan fingerprint density at radius 1 is 1.14 bits per heavy atom. The molecule has 0 aromatic heterocycles. The fourth-order valence-electron chi connectivity index (χ4n) is 1.87. The molecule has 0 amide bonds. The first-order valence-corrected chi connectivity index (χ1v) is 5.88. The quantitative estimate of drug-likeness (QED) is 0.849. The normalized spacial score (nSPS) is 10.2. The van der Waals surface area contributed by atoms with Crippen molar-refractivity contribution in [1.29, 1.82) is 0 Å². The number of phenolic OH excluding ortho intramolecular Hbond substituents is 1. The maximum Gasteiger partial charge on any atom is 0.340 e. The molecule has 2 aromatic carbocycles. The monoisotopic (exact) mass is 290 g/mol. The number of carboxylic acid groups (broad SMARTS) is 1. The second-order valence-corrected chi connectivity index (χ2v) is 4.22. The molecule has 0 heterocycles. The van der Waals surface area contributed by atoms with Crippen molar-refractivity contribution in [2.75, 3.05) is 7.11 Å². The van der Waals surface area contributed by atoms with Gasteiger partial charge in [-0.05, 0) is 35.9 Å². The Hall–Kier alpha value is -2.89. The number of esters is 1. The number of ether oxygens (including phenoxy) is 1. The summed E-state index contributed by atoms with van der Waals surface area (Å²) < 4.78 is 18.3. The van der Waals surface area contributed by atoms with Gasteiger partial charge in [0.1, 0.15) is 11.6 Å². The van der Waals surface area contributed by atoms with Gasteiger partial charge in [-0.25, -0.2) is 14.0 Å². The standard InChI is InChI=1S/C15H11FO5/c1-21-15(20)11-5-2-8(6-12(11)16)10-4-3-9(14(18)19)7-13(10)17/h2-7,17H,1H3,(H,18,19). The number of hydrogen-bond donors (Lipinski definition) is 2. The minimum Gasteiger partial charge on any atom is -0.507 e. The molecule has 2 aromatic rings. The molecule has 0 radical (unpaired) electrons. The van der Waals surface area contributed by atoms with Crippen molar-refractivity contribution < 1.29 is 28.9 Å². The summed E-state index contributed by atoms with van der Waals surface area (Å²) in [5.74, 6) is -3.06. The number of methoxy groups -OCH3 is 1. The first-order valence-electron chi connectivity index (χ1n) is 5.88. The van der Waals surface area contributed by atoms with E-state index in [9.17, 15) is 19.1 Å². The van der Waals surface area contributed by atoms with Gasteiger partial charge in [-0.2, -0.15) is 0 Å². The zero-order chi connectivity index (χ0) is 15.6. The number of benzene rings is 2. The highest BCUT2D eigenvalue weighted by Crippen LogP contribution is 2.31. The van der Waals surface area contributed by atoms with Crippen LogP contribution in [-0.2, 0) is 4.74 Å². The molecular formula is C15H11FO5. The van der Waals surface area contributed by atoms with Crippen molar-refractivity contribution in [2.45, 2.75) is 0 Å². The summed E-state index contributed by atoms with van der Waals surface area (Å²) in [5.41, 5.74) is 0.274. The third-order valence-electron chi connectivity index (χ3n) is 2.93. The summed E-state index contributed by atoms with van der Waals surface area (Å²) in [6, 6.07) is 7.48. The summed E-state index contributed by atoms with van der Waals surface area (Å²) in [6.45, 7) is 0. The van der Waals surface area contributed by atoms with Crippen molar-refractivity contribution in [2.24, 2.45) is 0 Å². The van der Waals surface area contributed by atoms with Crippen LogP contribution in [0.2, 0.25) is 0 Å². The highest BCUT2D eigenvalue weighted by Gasteiger charge is 2.15. The molecule has 0 unspecified atom stereocenters. The van der Waals surface area contributed by atoms with E-state index in [2.05, 4.69) is 4.74 Å². The maximum atomic E-state index is 13.8. The lowest BCUT2D eigenvalue weighted by Gasteiger charge is -2.08. The summed E-state index contributed by atoms with van der Waals surface area (Å²) in [6.07, 6.45) is 0. The van der Waals surface area contributed by atoms with E-state index in [1.165, 1.54) is 24.3 Å². The topological polar surface area (TPSA) is 83.8 Å². The first-order chi connectivity index (χ1) is 9.93. The average molecular weight is 290 g/mol. The van der Waals surface area contributed by atoms with E-state index in [0.717, 1.165) is 19.2 Å². The number of halogens is 1. The molecule has 0 bridgehead atoms. The first kappa shape index (κ1) is 14.5. The number of carbonyl (C=O) groups is 2. The average Bonchev–Trinajstić information content (AvgIpc) is 2.46. The summed E-state index contributed by atoms with van der Waals surface area (Å²) in [5, 5.41) is 18.6. The molecule has 108 valence electrons. The van der Waals surface area contributed by atoms with E-state index >= 15 is 0 Å². The van der Waals surface area contributed by atoms with Crippen LogP contribution in [0.4, 0.5) is 4.39 Å². The molecule has 6 heteroatoms. The Morgan fingerprint density at radius 3 is 2.38 bits per heavy atom. The fourth-order valence-corrected chi connectivity index (χ4v) is 1.87. The Morgan fingerprint density at radius 2 is 1.86 bits per heavy atom. The Kier molecular flexibility index (Phi) is 3.89. The predicted molar refractivity (Wildman–Crippen MR) is 71.8 cm³/mol. The van der Waals surface area contributed by atoms with Gasteiger partial charge in [0.15, 0.2) is 0 Å². The van der Waals surface area contributed by atoms with Crippen LogP contribution in [0.5, 0.6) is 5.75 Å². The molecule has 0 saturated carbocycles. The van der Waals surface area contributed by atoms with Crippen LogP contribution in [0.15, 0.2) is 36.4 Å². The zero-order valence-electron chi connectivity index (χ0n) is 11.0. The highest BCUT2D eigenvalue weighted by atomic mass is 19.1. The van der Waals surface area contributed by atoms with Crippen molar-refractivity contribution in [1.82, 2.24) is 0 Å². The van der Waals surface area contributed by atoms with E-state index < -0.39 is 17.8 Å². The molecule has 2 N–H and O–H groups in total. The number of rotatable bonds is 3.